The second kappa shape index (κ2) is 5.85. The molecule has 0 radical (unpaired) electrons. The van der Waals surface area contributed by atoms with Gasteiger partial charge in [-0.15, -0.1) is 0 Å². The topological polar surface area (TPSA) is 42.2 Å². The largest absolute Gasteiger partial charge is 0.493 e. The molecule has 0 aliphatic carbocycles. The molecule has 0 heterocycles. The molecule has 3 nitrogen and oxygen atoms in total. The van der Waals surface area contributed by atoms with Crippen molar-refractivity contribution in [2.45, 2.75) is 32.7 Å². The van der Waals surface area contributed by atoms with Crippen LogP contribution in [0.25, 0.3) is 0 Å². The number of nitrogens with zero attached hydrogens (tertiary/aromatic N) is 1. The molecule has 1 aromatic carbocycles. The van der Waals surface area contributed by atoms with E-state index in [1.54, 1.807) is 0 Å². The van der Waals surface area contributed by atoms with Gasteiger partial charge in [0.05, 0.1) is 12.7 Å². The van der Waals surface area contributed by atoms with Crippen molar-refractivity contribution in [1.29, 1.82) is 5.26 Å². The number of hydrogen-bond donors (Lipinski definition) is 0. The third kappa shape index (κ3) is 4.21. The summed E-state index contributed by atoms with van der Waals surface area (Å²) in [6.45, 7) is 8.72. The van der Waals surface area contributed by atoms with Crippen molar-refractivity contribution in [1.82, 2.24) is 0 Å². The van der Waals surface area contributed by atoms with E-state index in [2.05, 4.69) is 25.7 Å². The zero-order valence-corrected chi connectivity index (χ0v) is 11.9. The van der Waals surface area contributed by atoms with Crippen LogP contribution >= 0.6 is 0 Å². The lowest BCUT2D eigenvalue weighted by molar-refractivity contribution is 0.244. The first kappa shape index (κ1) is 13.8. The van der Waals surface area contributed by atoms with Crippen molar-refractivity contribution < 1.29 is 9.16 Å². The molecular formula is C13H19NO2Si. The summed E-state index contributed by atoms with van der Waals surface area (Å²) in [5, 5.41) is 9.23. The van der Waals surface area contributed by atoms with E-state index in [4.69, 9.17) is 9.16 Å². The highest BCUT2D eigenvalue weighted by molar-refractivity contribution is 6.69. The smallest absolute Gasteiger partial charge is 0.186 e. The average molecular weight is 249 g/mol. The molecule has 0 aliphatic rings. The number of benzene rings is 1. The molecule has 0 fully saturated rings. The Bertz CT molecular complexity index is 407. The Hall–Kier alpha value is -1.31. The van der Waals surface area contributed by atoms with Gasteiger partial charge in [-0.05, 0) is 32.6 Å². The fourth-order valence-corrected chi connectivity index (χ4v) is 2.38. The highest BCUT2D eigenvalue weighted by Gasteiger charge is 2.24. The van der Waals surface area contributed by atoms with Crippen molar-refractivity contribution in [2.24, 2.45) is 0 Å². The van der Waals surface area contributed by atoms with Gasteiger partial charge < -0.3 is 9.16 Å². The van der Waals surface area contributed by atoms with Crippen LogP contribution in [0, 0.1) is 11.3 Å². The molecule has 0 aliphatic heterocycles. The first-order valence-corrected chi connectivity index (χ1v) is 9.18. The summed E-state index contributed by atoms with van der Waals surface area (Å²) in [5.41, 5.74) is 0.819. The Morgan fingerprint density at radius 1 is 1.29 bits per heavy atom. The predicted octanol–water partition coefficient (Wildman–Crippen LogP) is 3.50. The number of hydrogen-bond acceptors (Lipinski definition) is 3. The summed E-state index contributed by atoms with van der Waals surface area (Å²) in [6, 6.07) is 9.76. The predicted molar refractivity (Wildman–Crippen MR) is 70.4 cm³/mol. The molecule has 0 bridgehead atoms. The molecule has 0 saturated heterocycles. The minimum absolute atomic E-state index is 0.538. The van der Waals surface area contributed by atoms with Crippen LogP contribution < -0.4 is 4.74 Å². The minimum Gasteiger partial charge on any atom is -0.493 e. The molecule has 17 heavy (non-hydrogen) atoms. The molecule has 1 atom stereocenters. The zero-order chi connectivity index (χ0) is 12.9. The van der Waals surface area contributed by atoms with Gasteiger partial charge in [0.2, 0.25) is 0 Å². The van der Waals surface area contributed by atoms with Gasteiger partial charge in [-0.25, -0.2) is 0 Å². The molecule has 0 aromatic heterocycles. The standard InChI is InChI=1S/C13H19NO2Si/c1-5-15-12-9-7-6-8-11(12)13(10-14)16-17(2,3)4/h6-9,13H,5H2,1-4H3/t13-/m1/s1. The Balaban J connectivity index is 3.00. The van der Waals surface area contributed by atoms with Crippen LogP contribution in [-0.4, -0.2) is 14.9 Å². The van der Waals surface area contributed by atoms with Gasteiger partial charge in [-0.2, -0.15) is 5.26 Å². The van der Waals surface area contributed by atoms with Crippen molar-refractivity contribution >= 4 is 8.32 Å². The molecule has 1 aromatic rings. The molecule has 0 unspecified atom stereocenters. The number of nitriles is 1. The van der Waals surface area contributed by atoms with Crippen LogP contribution in [0.3, 0.4) is 0 Å². The van der Waals surface area contributed by atoms with Gasteiger partial charge >= 0.3 is 0 Å². The van der Waals surface area contributed by atoms with E-state index in [-0.39, 0.29) is 0 Å². The summed E-state index contributed by atoms with van der Waals surface area (Å²) in [4.78, 5) is 0. The quantitative estimate of drug-likeness (QED) is 0.750. The van der Waals surface area contributed by atoms with Gasteiger partial charge in [0.25, 0.3) is 0 Å². The summed E-state index contributed by atoms with van der Waals surface area (Å²) in [7, 11) is -1.75. The Morgan fingerprint density at radius 3 is 2.47 bits per heavy atom. The molecule has 0 N–H and O–H groups in total. The molecule has 0 amide bonds. The fourth-order valence-electron chi connectivity index (χ4n) is 1.50. The maximum atomic E-state index is 9.23. The second-order valence-corrected chi connectivity index (χ2v) is 9.17. The second-order valence-electron chi connectivity index (χ2n) is 4.71. The summed E-state index contributed by atoms with van der Waals surface area (Å²) < 4.78 is 11.4. The van der Waals surface area contributed by atoms with Crippen molar-refractivity contribution in [3.05, 3.63) is 29.8 Å². The lowest BCUT2D eigenvalue weighted by Crippen LogP contribution is -2.27. The molecule has 4 heteroatoms. The van der Waals surface area contributed by atoms with Gasteiger partial charge in [0, 0.05) is 5.56 Å². The Labute approximate surface area is 104 Å². The summed E-state index contributed by atoms with van der Waals surface area (Å²) in [5.74, 6) is 0.736. The van der Waals surface area contributed by atoms with E-state index in [9.17, 15) is 5.26 Å². The third-order valence-electron chi connectivity index (χ3n) is 2.09. The lowest BCUT2D eigenvalue weighted by Gasteiger charge is -2.23. The minimum atomic E-state index is -1.75. The molecular weight excluding hydrogens is 230 g/mol. The van der Waals surface area contributed by atoms with E-state index >= 15 is 0 Å². The van der Waals surface area contributed by atoms with E-state index in [1.165, 1.54) is 0 Å². The first-order chi connectivity index (χ1) is 7.98. The molecule has 1 rings (SSSR count). The van der Waals surface area contributed by atoms with Crippen LogP contribution in [0.15, 0.2) is 24.3 Å². The molecule has 0 saturated carbocycles. The van der Waals surface area contributed by atoms with E-state index in [1.807, 2.05) is 31.2 Å². The van der Waals surface area contributed by atoms with Gasteiger partial charge in [-0.3, -0.25) is 0 Å². The fraction of sp³-hybridized carbons (Fsp3) is 0.462. The normalized spacial score (nSPS) is 12.9. The van der Waals surface area contributed by atoms with Gasteiger partial charge in [0.1, 0.15) is 5.75 Å². The molecule has 0 spiro atoms. The van der Waals surface area contributed by atoms with E-state index < -0.39 is 14.4 Å². The summed E-state index contributed by atoms with van der Waals surface area (Å²) >= 11 is 0. The summed E-state index contributed by atoms with van der Waals surface area (Å²) in [6.07, 6.45) is -0.538. The van der Waals surface area contributed by atoms with Crippen LogP contribution in [-0.2, 0) is 4.43 Å². The van der Waals surface area contributed by atoms with Crippen LogP contribution in [0.5, 0.6) is 5.75 Å². The van der Waals surface area contributed by atoms with Crippen molar-refractivity contribution in [3.63, 3.8) is 0 Å². The average Bonchev–Trinajstić information content (AvgIpc) is 2.26. The number of ether oxygens (including phenoxy) is 1. The Morgan fingerprint density at radius 2 is 1.94 bits per heavy atom. The highest BCUT2D eigenvalue weighted by atomic mass is 28.4. The first-order valence-electron chi connectivity index (χ1n) is 5.77. The number of rotatable bonds is 5. The maximum absolute atomic E-state index is 9.23. The van der Waals surface area contributed by atoms with Gasteiger partial charge in [0.15, 0.2) is 14.4 Å². The zero-order valence-electron chi connectivity index (χ0n) is 10.9. The molecule has 92 valence electrons. The van der Waals surface area contributed by atoms with Crippen molar-refractivity contribution in [3.8, 4) is 11.8 Å². The highest BCUT2D eigenvalue weighted by Crippen LogP contribution is 2.29. The number of para-hydroxylation sites is 1. The van der Waals surface area contributed by atoms with Crippen LogP contribution in [0.2, 0.25) is 19.6 Å². The van der Waals surface area contributed by atoms with Crippen LogP contribution in [0.1, 0.15) is 18.6 Å². The lowest BCUT2D eigenvalue weighted by atomic mass is 10.1. The van der Waals surface area contributed by atoms with Crippen molar-refractivity contribution in [2.75, 3.05) is 6.61 Å². The Kier molecular flexibility index (Phi) is 4.73. The third-order valence-corrected chi connectivity index (χ3v) is 3.03. The SMILES string of the molecule is CCOc1ccccc1[C@@H](C#N)O[Si](C)(C)C. The maximum Gasteiger partial charge on any atom is 0.186 e. The van der Waals surface area contributed by atoms with E-state index in [0.717, 1.165) is 11.3 Å². The van der Waals surface area contributed by atoms with Gasteiger partial charge in [-0.1, -0.05) is 18.2 Å². The van der Waals surface area contributed by atoms with Crippen LogP contribution in [0.4, 0.5) is 0 Å². The van der Waals surface area contributed by atoms with E-state index in [0.29, 0.717) is 6.61 Å². The monoisotopic (exact) mass is 249 g/mol.